The van der Waals surface area contributed by atoms with Crippen molar-refractivity contribution >= 4 is 39.0 Å². The van der Waals surface area contributed by atoms with Crippen molar-refractivity contribution in [3.05, 3.63) is 71.5 Å². The molecule has 8 nitrogen and oxygen atoms in total. The number of imidazole rings is 1. The third kappa shape index (κ3) is 3.94. The molecular weight excluding hydrogens is 510 g/mol. The second-order valence-corrected chi connectivity index (χ2v) is 10.2. The number of hydrogen-bond acceptors (Lipinski definition) is 7. The molecule has 2 aromatic carbocycles. The summed E-state index contributed by atoms with van der Waals surface area (Å²) in [5.74, 6) is -0.822. The number of fused-ring (bicyclic) bond motifs is 1. The summed E-state index contributed by atoms with van der Waals surface area (Å²) in [5, 5.41) is 8.74. The molecule has 1 amide bonds. The Bertz CT molecular complexity index is 1670. The van der Waals surface area contributed by atoms with E-state index in [1.807, 2.05) is 43.7 Å². The molecule has 6 rings (SSSR count). The van der Waals surface area contributed by atoms with E-state index in [2.05, 4.69) is 15.5 Å². The molecule has 1 atom stereocenters. The van der Waals surface area contributed by atoms with Crippen LogP contribution in [0.2, 0.25) is 0 Å². The van der Waals surface area contributed by atoms with Crippen LogP contribution in [0.3, 0.4) is 0 Å². The maximum absolute atomic E-state index is 14.2. The number of nitrogens with zero attached hydrogens (tertiary/aromatic N) is 5. The topological polar surface area (TPSA) is 89.1 Å². The Kier molecular flexibility index (Phi) is 5.94. The lowest BCUT2D eigenvalue weighted by Gasteiger charge is -2.35. The van der Waals surface area contributed by atoms with Crippen LogP contribution in [0.5, 0.6) is 0 Å². The van der Waals surface area contributed by atoms with Crippen LogP contribution in [0.4, 0.5) is 19.5 Å². The number of nitrogens with one attached hydrogen (secondary N) is 1. The minimum absolute atomic E-state index is 0.169. The fourth-order valence-electron chi connectivity index (χ4n) is 5.13. The summed E-state index contributed by atoms with van der Waals surface area (Å²) < 4.78 is 35.3. The molecule has 194 valence electrons. The van der Waals surface area contributed by atoms with Crippen LogP contribution in [-0.2, 0) is 4.79 Å². The Morgan fingerprint density at radius 3 is 2.68 bits per heavy atom. The van der Waals surface area contributed by atoms with Gasteiger partial charge in [0.05, 0.1) is 29.0 Å². The molecule has 0 radical (unpaired) electrons. The molecule has 1 aliphatic rings. The van der Waals surface area contributed by atoms with Gasteiger partial charge in [0.2, 0.25) is 5.91 Å². The number of amides is 1. The van der Waals surface area contributed by atoms with E-state index >= 15 is 0 Å². The summed E-state index contributed by atoms with van der Waals surface area (Å²) in [5.41, 5.74) is 4.42. The van der Waals surface area contributed by atoms with Crippen LogP contribution in [0.1, 0.15) is 42.6 Å². The van der Waals surface area contributed by atoms with E-state index in [1.54, 1.807) is 6.20 Å². The number of thiazole rings is 1. The van der Waals surface area contributed by atoms with Crippen molar-refractivity contribution in [1.82, 2.24) is 19.7 Å². The highest BCUT2D eigenvalue weighted by Crippen LogP contribution is 2.40. The highest BCUT2D eigenvalue weighted by Gasteiger charge is 2.35. The van der Waals surface area contributed by atoms with Crippen LogP contribution in [0.25, 0.3) is 27.3 Å². The minimum atomic E-state index is -1.00. The predicted octanol–water partition coefficient (Wildman–Crippen LogP) is 6.33. The zero-order valence-corrected chi connectivity index (χ0v) is 21.8. The fourth-order valence-corrected chi connectivity index (χ4v) is 5.92. The molecule has 1 saturated heterocycles. The van der Waals surface area contributed by atoms with Crippen LogP contribution in [0.15, 0.2) is 47.1 Å². The second kappa shape index (κ2) is 9.32. The van der Waals surface area contributed by atoms with E-state index in [0.29, 0.717) is 47.2 Å². The number of benzene rings is 2. The Morgan fingerprint density at radius 2 is 1.97 bits per heavy atom. The molecule has 0 bridgehead atoms. The molecular formula is C27H24F2N6O2S. The molecule has 1 aliphatic heterocycles. The highest BCUT2D eigenvalue weighted by molar-refractivity contribution is 7.18. The van der Waals surface area contributed by atoms with Gasteiger partial charge in [-0.3, -0.25) is 9.36 Å². The van der Waals surface area contributed by atoms with Crippen molar-refractivity contribution in [3.63, 3.8) is 0 Å². The van der Waals surface area contributed by atoms with Crippen molar-refractivity contribution in [2.24, 2.45) is 0 Å². The van der Waals surface area contributed by atoms with Gasteiger partial charge in [-0.25, -0.2) is 18.7 Å². The van der Waals surface area contributed by atoms with Crippen LogP contribution in [0, 0.1) is 25.5 Å². The molecule has 0 aliphatic carbocycles. The van der Waals surface area contributed by atoms with E-state index < -0.39 is 17.7 Å². The number of carbonyl (C=O) groups is 1. The van der Waals surface area contributed by atoms with Crippen LogP contribution >= 0.6 is 11.3 Å². The summed E-state index contributed by atoms with van der Waals surface area (Å²) in [7, 11) is 1.82. The van der Waals surface area contributed by atoms with Gasteiger partial charge in [0.15, 0.2) is 16.8 Å². The minimum Gasteiger partial charge on any atom is -0.379 e. The van der Waals surface area contributed by atoms with E-state index in [1.165, 1.54) is 22.3 Å². The zero-order chi connectivity index (χ0) is 26.6. The van der Waals surface area contributed by atoms with Gasteiger partial charge in [0.1, 0.15) is 16.6 Å². The molecule has 5 aromatic rings. The Morgan fingerprint density at radius 1 is 1.13 bits per heavy atom. The summed E-state index contributed by atoms with van der Waals surface area (Å²) in [6.45, 7) is 3.76. The first kappa shape index (κ1) is 24.2. The Labute approximate surface area is 220 Å². The van der Waals surface area contributed by atoms with E-state index in [4.69, 9.17) is 9.51 Å². The fraction of sp³-hybridized carbons (Fsp3) is 0.259. The summed E-state index contributed by atoms with van der Waals surface area (Å²) in [4.78, 5) is 24.4. The molecule has 38 heavy (non-hydrogen) atoms. The first-order chi connectivity index (χ1) is 18.4. The summed E-state index contributed by atoms with van der Waals surface area (Å²) in [6.07, 6.45) is 3.31. The quantitative estimate of drug-likeness (QED) is 0.283. The van der Waals surface area contributed by atoms with Gasteiger partial charge < -0.3 is 14.7 Å². The number of rotatable bonds is 5. The van der Waals surface area contributed by atoms with Gasteiger partial charge in [-0.2, -0.15) is 0 Å². The third-order valence-corrected chi connectivity index (χ3v) is 7.86. The molecule has 1 N–H and O–H groups in total. The number of anilines is 2. The SMILES string of the molecule is CNc1cnc(-n2c([C@@H]3CCCC(=O)N3c3ccc(F)c(F)c3)nc3cc(-c4c(C)noc4C)ccc32)s1. The van der Waals surface area contributed by atoms with Gasteiger partial charge in [-0.05, 0) is 56.5 Å². The summed E-state index contributed by atoms with van der Waals surface area (Å²) >= 11 is 1.46. The number of carbonyl (C=O) groups excluding carboxylic acids is 1. The van der Waals surface area contributed by atoms with Crippen molar-refractivity contribution in [1.29, 1.82) is 0 Å². The smallest absolute Gasteiger partial charge is 0.227 e. The average molecular weight is 535 g/mol. The lowest BCUT2D eigenvalue weighted by Crippen LogP contribution is -2.39. The number of halogens is 2. The van der Waals surface area contributed by atoms with E-state index in [-0.39, 0.29) is 5.91 Å². The first-order valence-electron chi connectivity index (χ1n) is 12.2. The molecule has 1 fully saturated rings. The molecule has 0 unspecified atom stereocenters. The maximum atomic E-state index is 14.2. The largest absolute Gasteiger partial charge is 0.379 e. The van der Waals surface area contributed by atoms with Crippen molar-refractivity contribution in [3.8, 4) is 16.3 Å². The first-order valence-corrected chi connectivity index (χ1v) is 13.0. The van der Waals surface area contributed by atoms with Crippen LogP contribution < -0.4 is 10.2 Å². The summed E-state index contributed by atoms with van der Waals surface area (Å²) in [6, 6.07) is 8.97. The van der Waals surface area contributed by atoms with Crippen molar-refractivity contribution < 1.29 is 18.1 Å². The van der Waals surface area contributed by atoms with Gasteiger partial charge in [-0.1, -0.05) is 22.6 Å². The number of piperidine rings is 1. The lowest BCUT2D eigenvalue weighted by molar-refractivity contribution is -0.120. The molecule has 3 aromatic heterocycles. The molecule has 4 heterocycles. The van der Waals surface area contributed by atoms with Crippen molar-refractivity contribution in [2.45, 2.75) is 39.2 Å². The average Bonchev–Trinajstić information content (AvgIpc) is 3.61. The Hall–Kier alpha value is -4.12. The van der Waals surface area contributed by atoms with E-state index in [9.17, 15) is 13.6 Å². The van der Waals surface area contributed by atoms with Gasteiger partial charge in [-0.15, -0.1) is 0 Å². The Balaban J connectivity index is 1.56. The van der Waals surface area contributed by atoms with Crippen LogP contribution in [-0.4, -0.2) is 32.6 Å². The molecule has 11 heteroatoms. The molecule has 0 spiro atoms. The van der Waals surface area contributed by atoms with E-state index in [0.717, 1.165) is 39.5 Å². The van der Waals surface area contributed by atoms with Crippen molar-refractivity contribution in [2.75, 3.05) is 17.3 Å². The maximum Gasteiger partial charge on any atom is 0.227 e. The van der Waals surface area contributed by atoms with Gasteiger partial charge >= 0.3 is 0 Å². The normalized spacial score (nSPS) is 16.0. The number of hydrogen-bond donors (Lipinski definition) is 1. The second-order valence-electron chi connectivity index (χ2n) is 9.24. The predicted molar refractivity (Wildman–Crippen MR) is 142 cm³/mol. The zero-order valence-electron chi connectivity index (χ0n) is 21.0. The number of aryl methyl sites for hydroxylation is 2. The molecule has 0 saturated carbocycles. The lowest BCUT2D eigenvalue weighted by atomic mass is 9.99. The third-order valence-electron chi connectivity index (χ3n) is 6.86. The van der Waals surface area contributed by atoms with Gasteiger partial charge in [0, 0.05) is 30.8 Å². The highest BCUT2D eigenvalue weighted by atomic mass is 32.1. The van der Waals surface area contributed by atoms with Gasteiger partial charge in [0.25, 0.3) is 0 Å². The standard InChI is InChI=1S/C27H24F2N6O2S/c1-14-25(15(2)37-33-14)16-7-10-21-20(11-16)32-26(35(21)27-31-13-23(30-3)38-27)22-5-4-6-24(36)34(22)17-8-9-18(28)19(29)12-17/h7-13,22,30H,4-6H2,1-3H3/t22-/m0/s1. The number of aromatic nitrogens is 4. The monoisotopic (exact) mass is 534 g/mol.